The number of ether oxygens (including phenoxy) is 2. The van der Waals surface area contributed by atoms with Gasteiger partial charge in [0.05, 0.1) is 13.2 Å². The van der Waals surface area contributed by atoms with E-state index in [9.17, 15) is 4.79 Å². The van der Waals surface area contributed by atoms with Crippen LogP contribution in [0.1, 0.15) is 20.3 Å². The molecule has 1 amide bonds. The van der Waals surface area contributed by atoms with Crippen molar-refractivity contribution in [3.05, 3.63) is 0 Å². The van der Waals surface area contributed by atoms with E-state index in [0.29, 0.717) is 26.3 Å². The summed E-state index contributed by atoms with van der Waals surface area (Å²) in [5.41, 5.74) is 0. The van der Waals surface area contributed by atoms with Crippen LogP contribution in [0.4, 0.5) is 0 Å². The first-order valence-corrected chi connectivity index (χ1v) is 6.60. The molecule has 1 aliphatic heterocycles. The predicted molar refractivity (Wildman–Crippen MR) is 74.9 cm³/mol. The Bertz CT molecular complexity index is 156. The van der Waals surface area contributed by atoms with Gasteiger partial charge in [-0.15, -0.1) is 0 Å². The number of hydrogen-bond acceptors (Lipinski definition) is 4. The van der Waals surface area contributed by atoms with E-state index in [4.69, 9.17) is 9.47 Å². The van der Waals surface area contributed by atoms with E-state index in [1.807, 2.05) is 13.8 Å². The zero-order valence-corrected chi connectivity index (χ0v) is 12.6. The van der Waals surface area contributed by atoms with E-state index in [0.717, 1.165) is 6.41 Å². The third kappa shape index (κ3) is 13.4. The predicted octanol–water partition coefficient (Wildman–Crippen LogP) is 1.09. The lowest BCUT2D eigenvalue weighted by Crippen LogP contribution is -2.32. The summed E-state index contributed by atoms with van der Waals surface area (Å²) in [4.78, 5) is 14.3. The van der Waals surface area contributed by atoms with Crippen molar-refractivity contribution in [2.45, 2.75) is 20.3 Å². The standard InChI is InChI=1S/C7H15NO3.C4H9N.C2H6/c1-10-5-3-8(7-9)4-6-11-2;1-5-3-2-4-5;1-2/h7H,3-6H2,1-2H3;2-4H2,1H3;1-2H3. The van der Waals surface area contributed by atoms with Gasteiger partial charge in [0.1, 0.15) is 0 Å². The highest BCUT2D eigenvalue weighted by molar-refractivity contribution is 5.46. The van der Waals surface area contributed by atoms with Crippen molar-refractivity contribution in [2.24, 2.45) is 0 Å². The van der Waals surface area contributed by atoms with Gasteiger partial charge in [0.15, 0.2) is 0 Å². The summed E-state index contributed by atoms with van der Waals surface area (Å²) in [7, 11) is 5.36. The Morgan fingerprint density at radius 1 is 1.11 bits per heavy atom. The topological polar surface area (TPSA) is 42.0 Å². The van der Waals surface area contributed by atoms with Gasteiger partial charge in [0.2, 0.25) is 6.41 Å². The largest absolute Gasteiger partial charge is 0.383 e. The van der Waals surface area contributed by atoms with Gasteiger partial charge >= 0.3 is 0 Å². The molecule has 0 N–H and O–H groups in total. The molecule has 0 saturated carbocycles. The molecule has 1 saturated heterocycles. The van der Waals surface area contributed by atoms with Gasteiger partial charge in [-0.3, -0.25) is 4.79 Å². The van der Waals surface area contributed by atoms with Crippen molar-refractivity contribution < 1.29 is 14.3 Å². The lowest BCUT2D eigenvalue weighted by Gasteiger charge is -2.24. The van der Waals surface area contributed by atoms with Crippen LogP contribution >= 0.6 is 0 Å². The normalized spacial score (nSPS) is 13.4. The highest BCUT2D eigenvalue weighted by Gasteiger charge is 2.04. The van der Waals surface area contributed by atoms with Gasteiger partial charge in [-0.2, -0.15) is 0 Å². The Kier molecular flexibility index (Phi) is 17.9. The lowest BCUT2D eigenvalue weighted by atomic mass is 10.3. The zero-order valence-electron chi connectivity index (χ0n) is 12.6. The van der Waals surface area contributed by atoms with E-state index in [1.165, 1.54) is 19.5 Å². The first-order chi connectivity index (χ1) is 8.74. The average molecular weight is 262 g/mol. The molecule has 1 fully saturated rings. The molecule has 0 bridgehead atoms. The molecular weight excluding hydrogens is 232 g/mol. The number of carbonyl (C=O) groups is 1. The molecular formula is C13H30N2O3. The third-order valence-corrected chi connectivity index (χ3v) is 2.39. The summed E-state index contributed by atoms with van der Waals surface area (Å²) in [5.74, 6) is 0. The highest BCUT2D eigenvalue weighted by atomic mass is 16.5. The highest BCUT2D eigenvalue weighted by Crippen LogP contribution is 1.98. The molecule has 18 heavy (non-hydrogen) atoms. The van der Waals surface area contributed by atoms with Gasteiger partial charge in [-0.25, -0.2) is 0 Å². The SMILES string of the molecule is CC.CN1CCC1.COCCN(C=O)CCOC. The number of nitrogens with zero attached hydrogens (tertiary/aromatic N) is 2. The molecule has 0 aromatic heterocycles. The maximum Gasteiger partial charge on any atom is 0.209 e. The fraction of sp³-hybridized carbons (Fsp3) is 0.923. The summed E-state index contributed by atoms with van der Waals surface area (Å²) in [6.07, 6.45) is 2.22. The van der Waals surface area contributed by atoms with Crippen LogP contribution in [0.5, 0.6) is 0 Å². The van der Waals surface area contributed by atoms with Crippen LogP contribution in [-0.4, -0.2) is 76.9 Å². The molecule has 110 valence electrons. The minimum atomic E-state index is 0.572. The van der Waals surface area contributed by atoms with Crippen LogP contribution in [-0.2, 0) is 14.3 Å². The Balaban J connectivity index is 0. The molecule has 1 aliphatic rings. The van der Waals surface area contributed by atoms with E-state index >= 15 is 0 Å². The van der Waals surface area contributed by atoms with Crippen LogP contribution < -0.4 is 0 Å². The number of amides is 1. The number of hydrogen-bond donors (Lipinski definition) is 0. The summed E-state index contributed by atoms with van der Waals surface area (Å²) >= 11 is 0. The second-order valence-electron chi connectivity index (χ2n) is 3.78. The molecule has 1 rings (SSSR count). The van der Waals surface area contributed by atoms with E-state index in [2.05, 4.69) is 11.9 Å². The minimum absolute atomic E-state index is 0.572. The molecule has 0 aromatic carbocycles. The van der Waals surface area contributed by atoms with Crippen LogP contribution in [0, 0.1) is 0 Å². The van der Waals surface area contributed by atoms with Crippen LogP contribution in [0.25, 0.3) is 0 Å². The second-order valence-corrected chi connectivity index (χ2v) is 3.78. The van der Waals surface area contributed by atoms with Crippen molar-refractivity contribution in [1.29, 1.82) is 0 Å². The smallest absolute Gasteiger partial charge is 0.209 e. The molecule has 5 nitrogen and oxygen atoms in total. The fourth-order valence-electron chi connectivity index (χ4n) is 1.11. The summed E-state index contributed by atoms with van der Waals surface area (Å²) in [6, 6.07) is 0. The van der Waals surface area contributed by atoms with Crippen molar-refractivity contribution in [3.8, 4) is 0 Å². The lowest BCUT2D eigenvalue weighted by molar-refractivity contribution is -0.119. The Morgan fingerprint density at radius 3 is 1.67 bits per heavy atom. The minimum Gasteiger partial charge on any atom is -0.383 e. The van der Waals surface area contributed by atoms with Crippen molar-refractivity contribution in [1.82, 2.24) is 9.80 Å². The van der Waals surface area contributed by atoms with E-state index < -0.39 is 0 Å². The Hall–Kier alpha value is -0.650. The maximum atomic E-state index is 10.3. The van der Waals surface area contributed by atoms with E-state index in [-0.39, 0.29) is 0 Å². The van der Waals surface area contributed by atoms with Gasteiger partial charge in [-0.1, -0.05) is 13.8 Å². The number of carbonyl (C=O) groups excluding carboxylic acids is 1. The van der Waals surface area contributed by atoms with Crippen molar-refractivity contribution in [3.63, 3.8) is 0 Å². The van der Waals surface area contributed by atoms with Crippen LogP contribution in [0.3, 0.4) is 0 Å². The third-order valence-electron chi connectivity index (χ3n) is 2.39. The first-order valence-electron chi connectivity index (χ1n) is 6.60. The molecule has 0 aromatic rings. The molecule has 0 radical (unpaired) electrons. The summed E-state index contributed by atoms with van der Waals surface area (Å²) < 4.78 is 9.63. The average Bonchev–Trinajstić information content (AvgIpc) is 2.40. The first kappa shape index (κ1) is 19.7. The van der Waals surface area contributed by atoms with Crippen LogP contribution in [0.15, 0.2) is 0 Å². The van der Waals surface area contributed by atoms with Gasteiger partial charge in [0.25, 0.3) is 0 Å². The number of rotatable bonds is 7. The van der Waals surface area contributed by atoms with Gasteiger partial charge in [0, 0.05) is 27.3 Å². The molecule has 1 heterocycles. The maximum absolute atomic E-state index is 10.3. The number of methoxy groups -OCH3 is 2. The monoisotopic (exact) mass is 262 g/mol. The zero-order chi connectivity index (χ0) is 14.2. The molecule has 5 heteroatoms. The van der Waals surface area contributed by atoms with Crippen molar-refractivity contribution in [2.75, 3.05) is 60.7 Å². The van der Waals surface area contributed by atoms with Crippen LogP contribution in [0.2, 0.25) is 0 Å². The van der Waals surface area contributed by atoms with Gasteiger partial charge < -0.3 is 19.3 Å². The fourth-order valence-corrected chi connectivity index (χ4v) is 1.11. The van der Waals surface area contributed by atoms with Crippen molar-refractivity contribution >= 4 is 6.41 Å². The quantitative estimate of drug-likeness (QED) is 0.644. The summed E-state index contributed by atoms with van der Waals surface area (Å²) in [5, 5.41) is 0. The molecule has 0 aliphatic carbocycles. The molecule has 0 atom stereocenters. The number of likely N-dealkylation sites (tertiary alicyclic amines) is 1. The van der Waals surface area contributed by atoms with E-state index in [1.54, 1.807) is 19.1 Å². The molecule has 0 unspecified atom stereocenters. The summed E-state index contributed by atoms with van der Waals surface area (Å²) in [6.45, 7) is 9.04. The molecule has 0 spiro atoms. The Labute approximate surface area is 112 Å². The van der Waals surface area contributed by atoms with Gasteiger partial charge in [-0.05, 0) is 26.6 Å². The Morgan fingerprint density at radius 2 is 1.50 bits per heavy atom. The second kappa shape index (κ2) is 16.4.